The highest BCUT2D eigenvalue weighted by Crippen LogP contribution is 2.38. The Labute approximate surface area is 146 Å². The highest BCUT2D eigenvalue weighted by Gasteiger charge is 2.25. The lowest BCUT2D eigenvalue weighted by molar-refractivity contribution is 0.0579. The number of carbonyl (C=O) groups is 1. The Morgan fingerprint density at radius 2 is 2.00 bits per heavy atom. The SMILES string of the molecule is C#CC(NC(=O)c1cc(Cl)c2c(c1)OCCCO2)C1CCOCC1. The summed E-state index contributed by atoms with van der Waals surface area (Å²) in [5.74, 6) is 3.63. The van der Waals surface area contributed by atoms with Gasteiger partial charge in [-0.2, -0.15) is 0 Å². The molecule has 1 N–H and O–H groups in total. The smallest absolute Gasteiger partial charge is 0.252 e. The van der Waals surface area contributed by atoms with Gasteiger partial charge >= 0.3 is 0 Å². The van der Waals surface area contributed by atoms with Crippen molar-refractivity contribution >= 4 is 17.5 Å². The predicted molar refractivity (Wildman–Crippen MR) is 90.7 cm³/mol. The average molecular weight is 350 g/mol. The van der Waals surface area contributed by atoms with E-state index in [1.807, 2.05) is 0 Å². The topological polar surface area (TPSA) is 56.8 Å². The number of carbonyl (C=O) groups excluding carboxylic acids is 1. The minimum atomic E-state index is -0.323. The Morgan fingerprint density at radius 1 is 1.25 bits per heavy atom. The quantitative estimate of drug-likeness (QED) is 0.852. The van der Waals surface area contributed by atoms with Crippen molar-refractivity contribution in [2.24, 2.45) is 5.92 Å². The van der Waals surface area contributed by atoms with Gasteiger partial charge < -0.3 is 19.5 Å². The van der Waals surface area contributed by atoms with E-state index in [-0.39, 0.29) is 17.9 Å². The van der Waals surface area contributed by atoms with Crippen molar-refractivity contribution in [2.75, 3.05) is 26.4 Å². The Bertz CT molecular complexity index is 649. The molecule has 2 aliphatic heterocycles. The van der Waals surface area contributed by atoms with E-state index in [1.165, 1.54) is 0 Å². The molecule has 0 aromatic heterocycles. The standard InChI is InChI=1S/C18H20ClNO4/c1-2-15(12-4-8-22-9-5-12)20-18(21)13-10-14(19)17-16(11-13)23-6-3-7-24-17/h1,10-12,15H,3-9H2,(H,20,21). The van der Waals surface area contributed by atoms with Crippen LogP contribution in [-0.2, 0) is 4.74 Å². The molecular formula is C18H20ClNO4. The van der Waals surface area contributed by atoms with Gasteiger partial charge in [-0.3, -0.25) is 4.79 Å². The number of halogens is 1. The Morgan fingerprint density at radius 3 is 2.75 bits per heavy atom. The van der Waals surface area contributed by atoms with Crippen LogP contribution in [0, 0.1) is 18.3 Å². The third-order valence-electron chi connectivity index (χ3n) is 4.27. The minimum absolute atomic E-state index is 0.226. The first kappa shape index (κ1) is 16.9. The number of terminal acetylenes is 1. The third-order valence-corrected chi connectivity index (χ3v) is 4.55. The van der Waals surface area contributed by atoms with Crippen LogP contribution >= 0.6 is 11.6 Å². The van der Waals surface area contributed by atoms with Crippen molar-refractivity contribution in [3.8, 4) is 23.8 Å². The average Bonchev–Trinajstić information content (AvgIpc) is 2.86. The summed E-state index contributed by atoms with van der Waals surface area (Å²) in [4.78, 5) is 12.6. The van der Waals surface area contributed by atoms with Crippen LogP contribution in [0.4, 0.5) is 0 Å². The Kier molecular flexibility index (Phi) is 5.49. The number of nitrogens with one attached hydrogen (secondary N) is 1. The predicted octanol–water partition coefficient (Wildman–Crippen LogP) is 2.66. The molecule has 128 valence electrons. The van der Waals surface area contributed by atoms with E-state index >= 15 is 0 Å². The van der Waals surface area contributed by atoms with Gasteiger partial charge in [0.1, 0.15) is 0 Å². The van der Waals surface area contributed by atoms with E-state index in [4.69, 9.17) is 32.2 Å². The number of rotatable bonds is 3. The molecule has 1 atom stereocenters. The van der Waals surface area contributed by atoms with E-state index in [2.05, 4.69) is 11.2 Å². The normalized spacial score (nSPS) is 19.0. The second-order valence-electron chi connectivity index (χ2n) is 5.90. The Hall–Kier alpha value is -1.90. The maximum Gasteiger partial charge on any atom is 0.252 e. The number of hydrogen-bond donors (Lipinski definition) is 1. The van der Waals surface area contributed by atoms with Crippen LogP contribution in [0.3, 0.4) is 0 Å². The molecule has 24 heavy (non-hydrogen) atoms. The van der Waals surface area contributed by atoms with E-state index in [0.717, 1.165) is 19.3 Å². The molecule has 5 nitrogen and oxygen atoms in total. The molecule has 0 saturated carbocycles. The van der Waals surface area contributed by atoms with Crippen LogP contribution in [0.15, 0.2) is 12.1 Å². The van der Waals surface area contributed by atoms with Crippen molar-refractivity contribution in [2.45, 2.75) is 25.3 Å². The summed E-state index contributed by atoms with van der Waals surface area (Å²) in [5.41, 5.74) is 0.413. The van der Waals surface area contributed by atoms with E-state index in [1.54, 1.807) is 12.1 Å². The molecule has 1 fully saturated rings. The molecular weight excluding hydrogens is 330 g/mol. The highest BCUT2D eigenvalue weighted by atomic mass is 35.5. The molecule has 0 bridgehead atoms. The van der Waals surface area contributed by atoms with Crippen LogP contribution in [0.25, 0.3) is 0 Å². The molecule has 2 aliphatic rings. The molecule has 0 spiro atoms. The van der Waals surface area contributed by atoms with Gasteiger partial charge in [0.05, 0.1) is 24.3 Å². The molecule has 6 heteroatoms. The third kappa shape index (κ3) is 3.77. The fourth-order valence-corrected chi connectivity index (χ4v) is 3.20. The maximum absolute atomic E-state index is 12.6. The summed E-state index contributed by atoms with van der Waals surface area (Å²) in [6.45, 7) is 2.42. The highest BCUT2D eigenvalue weighted by molar-refractivity contribution is 6.32. The maximum atomic E-state index is 12.6. The molecule has 0 radical (unpaired) electrons. The van der Waals surface area contributed by atoms with Crippen LogP contribution in [0.5, 0.6) is 11.5 Å². The summed E-state index contributed by atoms with van der Waals surface area (Å²) in [7, 11) is 0. The largest absolute Gasteiger partial charge is 0.489 e. The van der Waals surface area contributed by atoms with Crippen LogP contribution < -0.4 is 14.8 Å². The number of benzene rings is 1. The zero-order valence-corrected chi connectivity index (χ0v) is 14.1. The summed E-state index contributed by atoms with van der Waals surface area (Å²) in [5, 5.41) is 3.28. The number of amides is 1. The molecule has 2 heterocycles. The second-order valence-corrected chi connectivity index (χ2v) is 6.31. The summed E-state index contributed by atoms with van der Waals surface area (Å²) < 4.78 is 16.5. The first-order chi connectivity index (χ1) is 11.7. The lowest BCUT2D eigenvalue weighted by atomic mass is 9.92. The summed E-state index contributed by atoms with van der Waals surface area (Å²) in [6, 6.07) is 2.91. The van der Waals surface area contributed by atoms with Gasteiger partial charge in [-0.15, -0.1) is 6.42 Å². The molecule has 1 aromatic rings. The van der Waals surface area contributed by atoms with Crippen molar-refractivity contribution in [3.05, 3.63) is 22.7 Å². The summed E-state index contributed by atoms with van der Waals surface area (Å²) >= 11 is 6.24. The number of ether oxygens (including phenoxy) is 3. The lowest BCUT2D eigenvalue weighted by Gasteiger charge is -2.27. The first-order valence-electron chi connectivity index (χ1n) is 8.13. The fraction of sp³-hybridized carbons (Fsp3) is 0.500. The molecule has 1 aromatic carbocycles. The van der Waals surface area contributed by atoms with Gasteiger partial charge in [-0.25, -0.2) is 0 Å². The van der Waals surface area contributed by atoms with Crippen molar-refractivity contribution < 1.29 is 19.0 Å². The van der Waals surface area contributed by atoms with Crippen molar-refractivity contribution in [1.29, 1.82) is 0 Å². The summed E-state index contributed by atoms with van der Waals surface area (Å²) in [6.07, 6.45) is 8.08. The lowest BCUT2D eigenvalue weighted by Crippen LogP contribution is -2.41. The van der Waals surface area contributed by atoms with Gasteiger partial charge in [0, 0.05) is 25.2 Å². The Balaban J connectivity index is 1.75. The van der Waals surface area contributed by atoms with Crippen molar-refractivity contribution in [1.82, 2.24) is 5.32 Å². The van der Waals surface area contributed by atoms with Gasteiger partial charge in [0.25, 0.3) is 5.91 Å². The van der Waals surface area contributed by atoms with Gasteiger partial charge in [-0.1, -0.05) is 17.5 Å². The number of fused-ring (bicyclic) bond motifs is 1. The van der Waals surface area contributed by atoms with E-state index < -0.39 is 0 Å². The van der Waals surface area contributed by atoms with Crippen LogP contribution in [0.2, 0.25) is 5.02 Å². The zero-order chi connectivity index (χ0) is 16.9. The van der Waals surface area contributed by atoms with Crippen LogP contribution in [-0.4, -0.2) is 38.4 Å². The molecule has 0 aliphatic carbocycles. The molecule has 1 saturated heterocycles. The minimum Gasteiger partial charge on any atom is -0.489 e. The number of hydrogen-bond acceptors (Lipinski definition) is 4. The first-order valence-corrected chi connectivity index (χ1v) is 8.50. The van der Waals surface area contributed by atoms with E-state index in [0.29, 0.717) is 48.5 Å². The van der Waals surface area contributed by atoms with Crippen molar-refractivity contribution in [3.63, 3.8) is 0 Å². The van der Waals surface area contributed by atoms with Crippen LogP contribution in [0.1, 0.15) is 29.6 Å². The van der Waals surface area contributed by atoms with Gasteiger partial charge in [0.2, 0.25) is 0 Å². The van der Waals surface area contributed by atoms with Gasteiger partial charge in [0.15, 0.2) is 11.5 Å². The monoisotopic (exact) mass is 349 g/mol. The fourth-order valence-electron chi connectivity index (χ4n) is 2.93. The molecule has 1 amide bonds. The second kappa shape index (κ2) is 7.78. The molecule has 1 unspecified atom stereocenters. The van der Waals surface area contributed by atoms with Gasteiger partial charge in [-0.05, 0) is 30.9 Å². The zero-order valence-electron chi connectivity index (χ0n) is 13.3. The molecule has 3 rings (SSSR count). The van der Waals surface area contributed by atoms with E-state index in [9.17, 15) is 4.79 Å².